The maximum absolute atomic E-state index is 13.3. The molecule has 0 aliphatic rings. The zero-order chi connectivity index (χ0) is 27.9. The molecule has 0 saturated heterocycles. The second kappa shape index (κ2) is 12.8. The van der Waals surface area contributed by atoms with Crippen LogP contribution in [0.25, 0.3) is 11.1 Å². The van der Waals surface area contributed by atoms with Gasteiger partial charge in [-0.2, -0.15) is 0 Å². The third-order valence-electron chi connectivity index (χ3n) is 6.20. The number of benzene rings is 3. The summed E-state index contributed by atoms with van der Waals surface area (Å²) in [4.78, 5) is 39.6. The number of rotatable bonds is 9. The van der Waals surface area contributed by atoms with Crippen molar-refractivity contribution in [3.8, 4) is 11.1 Å². The molecule has 2 N–H and O–H groups in total. The van der Waals surface area contributed by atoms with Gasteiger partial charge < -0.3 is 15.4 Å². The first-order chi connectivity index (χ1) is 18.8. The van der Waals surface area contributed by atoms with E-state index in [1.54, 1.807) is 6.07 Å². The maximum atomic E-state index is 13.3. The van der Waals surface area contributed by atoms with E-state index < -0.39 is 11.2 Å². The van der Waals surface area contributed by atoms with Gasteiger partial charge in [-0.15, -0.1) is 23.1 Å². The SMILES string of the molecule is CCC(Sc1cccc(NC(=O)c2ccccc2C)c1)C(=O)Nc1scc(-c2ccc(C)cc2)c1C(=O)OC. The van der Waals surface area contributed by atoms with Crippen molar-refractivity contribution in [2.24, 2.45) is 0 Å². The van der Waals surface area contributed by atoms with Crippen molar-refractivity contribution in [2.45, 2.75) is 37.3 Å². The Morgan fingerprint density at radius 1 is 0.949 bits per heavy atom. The molecular formula is C31H30N2O4S2. The first-order valence-electron chi connectivity index (χ1n) is 12.5. The van der Waals surface area contributed by atoms with Crippen LogP contribution in [0.4, 0.5) is 10.7 Å². The summed E-state index contributed by atoms with van der Waals surface area (Å²) in [5.74, 6) is -0.892. The summed E-state index contributed by atoms with van der Waals surface area (Å²) in [7, 11) is 1.33. The van der Waals surface area contributed by atoms with E-state index >= 15 is 0 Å². The molecule has 1 aromatic heterocycles. The normalized spacial score (nSPS) is 11.5. The van der Waals surface area contributed by atoms with E-state index in [0.717, 1.165) is 27.1 Å². The molecule has 6 nitrogen and oxygen atoms in total. The highest BCUT2D eigenvalue weighted by atomic mass is 32.2. The van der Waals surface area contributed by atoms with Gasteiger partial charge in [-0.3, -0.25) is 9.59 Å². The van der Waals surface area contributed by atoms with Crippen LogP contribution in [0, 0.1) is 13.8 Å². The van der Waals surface area contributed by atoms with Gasteiger partial charge in [0.25, 0.3) is 5.91 Å². The van der Waals surface area contributed by atoms with E-state index in [1.165, 1.54) is 30.2 Å². The molecule has 0 radical (unpaired) electrons. The van der Waals surface area contributed by atoms with Gasteiger partial charge in [0, 0.05) is 27.1 Å². The lowest BCUT2D eigenvalue weighted by molar-refractivity contribution is -0.115. The highest BCUT2D eigenvalue weighted by Gasteiger charge is 2.25. The standard InChI is InChI=1S/C31H30N2O4S2/c1-5-26(39-23-11-8-10-22(17-23)32-28(34)24-12-7-6-9-20(24)3)29(35)33-30-27(31(36)37-4)25(18-38-30)21-15-13-19(2)14-16-21/h6-18,26H,5H2,1-4H3,(H,32,34)(H,33,35). The van der Waals surface area contributed by atoms with Gasteiger partial charge in [0.1, 0.15) is 10.6 Å². The van der Waals surface area contributed by atoms with Crippen molar-refractivity contribution in [3.63, 3.8) is 0 Å². The molecule has 0 fully saturated rings. The first kappa shape index (κ1) is 28.1. The average molecular weight is 559 g/mol. The highest BCUT2D eigenvalue weighted by Crippen LogP contribution is 2.37. The maximum Gasteiger partial charge on any atom is 0.341 e. The van der Waals surface area contributed by atoms with Crippen LogP contribution in [-0.4, -0.2) is 30.1 Å². The number of aryl methyl sites for hydroxylation is 2. The van der Waals surface area contributed by atoms with E-state index in [0.29, 0.717) is 28.2 Å². The van der Waals surface area contributed by atoms with Crippen LogP contribution in [0.15, 0.2) is 83.1 Å². The number of hydrogen-bond donors (Lipinski definition) is 2. The summed E-state index contributed by atoms with van der Waals surface area (Å²) in [6, 6.07) is 22.7. The van der Waals surface area contributed by atoms with Crippen molar-refractivity contribution in [2.75, 3.05) is 17.7 Å². The van der Waals surface area contributed by atoms with Gasteiger partial charge in [0.15, 0.2) is 0 Å². The summed E-state index contributed by atoms with van der Waals surface area (Å²) in [5, 5.41) is 7.81. The van der Waals surface area contributed by atoms with Crippen LogP contribution in [0.5, 0.6) is 0 Å². The average Bonchev–Trinajstić information content (AvgIpc) is 3.35. The van der Waals surface area contributed by atoms with Crippen molar-refractivity contribution in [3.05, 3.63) is 100 Å². The van der Waals surface area contributed by atoms with Crippen LogP contribution < -0.4 is 10.6 Å². The number of esters is 1. The van der Waals surface area contributed by atoms with E-state index in [-0.39, 0.29) is 11.8 Å². The van der Waals surface area contributed by atoms with E-state index in [4.69, 9.17) is 4.74 Å². The molecule has 0 spiro atoms. The third-order valence-corrected chi connectivity index (χ3v) is 8.46. The number of ether oxygens (including phenoxy) is 1. The van der Waals surface area contributed by atoms with Crippen LogP contribution in [0.2, 0.25) is 0 Å². The van der Waals surface area contributed by atoms with Crippen LogP contribution in [-0.2, 0) is 9.53 Å². The Hall–Kier alpha value is -3.88. The first-order valence-corrected chi connectivity index (χ1v) is 14.3. The molecule has 0 aliphatic carbocycles. The molecule has 8 heteroatoms. The van der Waals surface area contributed by atoms with Gasteiger partial charge in [0.05, 0.1) is 12.4 Å². The Labute approximate surface area is 236 Å². The predicted octanol–water partition coefficient (Wildman–Crippen LogP) is 7.58. The Balaban J connectivity index is 1.50. The van der Waals surface area contributed by atoms with Gasteiger partial charge in [-0.25, -0.2) is 4.79 Å². The minimum atomic E-state index is -0.500. The minimum absolute atomic E-state index is 0.183. The van der Waals surface area contributed by atoms with E-state index in [2.05, 4.69) is 10.6 Å². The summed E-state index contributed by atoms with van der Waals surface area (Å²) >= 11 is 2.71. The minimum Gasteiger partial charge on any atom is -0.465 e. The summed E-state index contributed by atoms with van der Waals surface area (Å²) < 4.78 is 5.05. The number of carbonyl (C=O) groups is 3. The Kier molecular flexibility index (Phi) is 9.22. The molecule has 1 unspecified atom stereocenters. The monoisotopic (exact) mass is 558 g/mol. The van der Waals surface area contributed by atoms with Gasteiger partial charge in [-0.1, -0.05) is 61.0 Å². The molecule has 0 saturated carbocycles. The molecule has 0 aliphatic heterocycles. The smallest absolute Gasteiger partial charge is 0.341 e. The largest absolute Gasteiger partial charge is 0.465 e. The summed E-state index contributed by atoms with van der Waals surface area (Å²) in [6.07, 6.45) is 0.569. The van der Waals surface area contributed by atoms with Crippen LogP contribution in [0.3, 0.4) is 0 Å². The van der Waals surface area contributed by atoms with Crippen LogP contribution >= 0.6 is 23.1 Å². The molecule has 0 bridgehead atoms. The number of carbonyl (C=O) groups excluding carboxylic acids is 3. The fourth-order valence-corrected chi connectivity index (χ4v) is 6.03. The lowest BCUT2D eigenvalue weighted by Crippen LogP contribution is -2.25. The number of amides is 2. The zero-order valence-corrected chi connectivity index (χ0v) is 23.9. The number of methoxy groups -OCH3 is 1. The fraction of sp³-hybridized carbons (Fsp3) is 0.194. The molecular weight excluding hydrogens is 528 g/mol. The van der Waals surface area contributed by atoms with E-state index in [1.807, 2.05) is 92.9 Å². The molecule has 4 aromatic rings. The Morgan fingerprint density at radius 3 is 2.38 bits per heavy atom. The number of thiophene rings is 1. The number of hydrogen-bond acceptors (Lipinski definition) is 6. The predicted molar refractivity (Wildman–Crippen MR) is 160 cm³/mol. The fourth-order valence-electron chi connectivity index (χ4n) is 4.05. The Bertz CT molecular complexity index is 1490. The Morgan fingerprint density at radius 2 is 1.69 bits per heavy atom. The number of thioether (sulfide) groups is 1. The van der Waals surface area contributed by atoms with Crippen molar-refractivity contribution in [1.29, 1.82) is 0 Å². The second-order valence-corrected chi connectivity index (χ2v) is 11.2. The van der Waals surface area contributed by atoms with E-state index in [9.17, 15) is 14.4 Å². The lowest BCUT2D eigenvalue weighted by Gasteiger charge is -2.16. The van der Waals surface area contributed by atoms with Crippen LogP contribution in [0.1, 0.15) is 45.2 Å². The molecule has 4 rings (SSSR count). The quantitative estimate of drug-likeness (QED) is 0.163. The molecule has 3 aromatic carbocycles. The topological polar surface area (TPSA) is 84.5 Å². The molecule has 2 amide bonds. The zero-order valence-electron chi connectivity index (χ0n) is 22.2. The highest BCUT2D eigenvalue weighted by molar-refractivity contribution is 8.00. The lowest BCUT2D eigenvalue weighted by atomic mass is 10.0. The van der Waals surface area contributed by atoms with Gasteiger partial charge in [0.2, 0.25) is 5.91 Å². The van der Waals surface area contributed by atoms with Crippen molar-refractivity contribution >= 4 is 51.6 Å². The van der Waals surface area contributed by atoms with Crippen molar-refractivity contribution in [1.82, 2.24) is 0 Å². The van der Waals surface area contributed by atoms with Gasteiger partial charge >= 0.3 is 5.97 Å². The van der Waals surface area contributed by atoms with Gasteiger partial charge in [-0.05, 0) is 55.7 Å². The third kappa shape index (κ3) is 6.77. The summed E-state index contributed by atoms with van der Waals surface area (Å²) in [5.41, 5.74) is 5.22. The van der Waals surface area contributed by atoms with Crippen molar-refractivity contribution < 1.29 is 19.1 Å². The molecule has 200 valence electrons. The molecule has 1 heterocycles. The number of nitrogens with one attached hydrogen (secondary N) is 2. The summed E-state index contributed by atoms with van der Waals surface area (Å²) in [6.45, 7) is 5.84. The second-order valence-electron chi connectivity index (χ2n) is 9.01. The number of anilines is 2. The molecule has 1 atom stereocenters. The molecule has 39 heavy (non-hydrogen) atoms.